The molecule has 0 aromatic heterocycles. The quantitative estimate of drug-likeness (QED) is 0.624. The molecule has 2 aromatic carbocycles. The summed E-state index contributed by atoms with van der Waals surface area (Å²) in [6.45, 7) is 1.45. The Balaban J connectivity index is 1.55. The molecule has 1 saturated heterocycles. The number of rotatable bonds is 4. The third kappa shape index (κ3) is 2.57. The van der Waals surface area contributed by atoms with Crippen LogP contribution in [-0.2, 0) is 4.79 Å². The lowest BCUT2D eigenvalue weighted by atomic mass is 10.1. The molecule has 0 N–H and O–H groups in total. The zero-order valence-electron chi connectivity index (χ0n) is 14.0. The number of carbonyl (C=O) groups is 3. The van der Waals surface area contributed by atoms with Crippen LogP contribution in [0.3, 0.4) is 0 Å². The second-order valence-electron chi connectivity index (χ2n) is 6.08. The fraction of sp³-hybridized carbons (Fsp3) is 0.211. The molecule has 2 aromatic rings. The van der Waals surface area contributed by atoms with Crippen molar-refractivity contribution in [3.8, 4) is 11.5 Å². The molecule has 132 valence electrons. The van der Waals surface area contributed by atoms with Crippen molar-refractivity contribution in [3.63, 3.8) is 0 Å². The summed E-state index contributed by atoms with van der Waals surface area (Å²) in [5, 5.41) is 0. The minimum absolute atomic E-state index is 0.111. The molecule has 7 heteroatoms. The highest BCUT2D eigenvalue weighted by Crippen LogP contribution is 2.33. The Kier molecular flexibility index (Phi) is 3.84. The normalized spacial score (nSPS) is 18.6. The summed E-state index contributed by atoms with van der Waals surface area (Å²) in [5.41, 5.74) is 0.983. The molecule has 1 atom stereocenters. The Labute approximate surface area is 149 Å². The zero-order chi connectivity index (χ0) is 18.3. The number of urea groups is 1. The molecule has 2 aliphatic heterocycles. The number of hydrogen-bond acceptors (Lipinski definition) is 5. The van der Waals surface area contributed by atoms with E-state index in [4.69, 9.17) is 9.47 Å². The molecule has 0 spiro atoms. The van der Waals surface area contributed by atoms with Gasteiger partial charge in [0.2, 0.25) is 6.79 Å². The Morgan fingerprint density at radius 1 is 1.08 bits per heavy atom. The fourth-order valence-corrected chi connectivity index (χ4v) is 3.10. The van der Waals surface area contributed by atoms with Crippen molar-refractivity contribution >= 4 is 23.4 Å². The number of para-hydroxylation sites is 1. The molecule has 1 unspecified atom stereocenters. The van der Waals surface area contributed by atoms with Gasteiger partial charge in [0.1, 0.15) is 6.04 Å². The molecule has 26 heavy (non-hydrogen) atoms. The monoisotopic (exact) mass is 352 g/mol. The lowest BCUT2D eigenvalue weighted by Gasteiger charge is -2.19. The Bertz CT molecular complexity index is 896. The van der Waals surface area contributed by atoms with Gasteiger partial charge in [0.05, 0.1) is 6.54 Å². The van der Waals surface area contributed by atoms with Crippen LogP contribution in [0, 0.1) is 0 Å². The van der Waals surface area contributed by atoms with Crippen LogP contribution < -0.4 is 14.4 Å². The van der Waals surface area contributed by atoms with Gasteiger partial charge in [-0.25, -0.2) is 4.79 Å². The van der Waals surface area contributed by atoms with Crippen LogP contribution in [0.15, 0.2) is 48.5 Å². The predicted molar refractivity (Wildman–Crippen MR) is 92.4 cm³/mol. The summed E-state index contributed by atoms with van der Waals surface area (Å²) in [5.74, 6) is 0.313. The Morgan fingerprint density at radius 2 is 1.81 bits per heavy atom. The number of benzene rings is 2. The minimum atomic E-state index is -0.658. The maximum Gasteiger partial charge on any atom is 0.332 e. The third-order valence-electron chi connectivity index (χ3n) is 4.48. The van der Waals surface area contributed by atoms with E-state index in [-0.39, 0.29) is 19.1 Å². The Morgan fingerprint density at radius 3 is 2.58 bits per heavy atom. The molecule has 0 aliphatic carbocycles. The van der Waals surface area contributed by atoms with Gasteiger partial charge in [0, 0.05) is 11.3 Å². The van der Waals surface area contributed by atoms with E-state index in [2.05, 4.69) is 0 Å². The minimum Gasteiger partial charge on any atom is -0.454 e. The lowest BCUT2D eigenvalue weighted by molar-refractivity contribution is -0.126. The number of Topliss-reactive ketones (excluding diaryl/α,β-unsaturated/α-hetero) is 1. The number of amides is 3. The van der Waals surface area contributed by atoms with Gasteiger partial charge in [-0.2, -0.15) is 0 Å². The number of imide groups is 1. The number of ketones is 1. The SMILES string of the molecule is CC1C(=O)N(CC(=O)c2ccc3c(c2)OCO3)C(=O)N1c1ccccc1. The maximum absolute atomic E-state index is 12.7. The van der Waals surface area contributed by atoms with Crippen molar-refractivity contribution < 1.29 is 23.9 Å². The predicted octanol–water partition coefficient (Wildman–Crippen LogP) is 2.46. The second-order valence-corrected chi connectivity index (χ2v) is 6.08. The van der Waals surface area contributed by atoms with Crippen molar-refractivity contribution in [1.82, 2.24) is 4.90 Å². The van der Waals surface area contributed by atoms with Crippen molar-refractivity contribution in [2.45, 2.75) is 13.0 Å². The van der Waals surface area contributed by atoms with Gasteiger partial charge in [-0.1, -0.05) is 18.2 Å². The average molecular weight is 352 g/mol. The largest absolute Gasteiger partial charge is 0.454 e. The van der Waals surface area contributed by atoms with E-state index in [1.165, 1.54) is 4.90 Å². The van der Waals surface area contributed by atoms with Crippen molar-refractivity contribution in [3.05, 3.63) is 54.1 Å². The van der Waals surface area contributed by atoms with Gasteiger partial charge < -0.3 is 9.47 Å². The average Bonchev–Trinajstić information content (AvgIpc) is 3.20. The fourth-order valence-electron chi connectivity index (χ4n) is 3.10. The third-order valence-corrected chi connectivity index (χ3v) is 4.48. The van der Waals surface area contributed by atoms with Crippen LogP contribution in [0.25, 0.3) is 0 Å². The van der Waals surface area contributed by atoms with Gasteiger partial charge in [0.15, 0.2) is 17.3 Å². The van der Waals surface area contributed by atoms with Crippen LogP contribution in [0.2, 0.25) is 0 Å². The van der Waals surface area contributed by atoms with E-state index in [0.717, 1.165) is 4.90 Å². The number of fused-ring (bicyclic) bond motifs is 1. The van der Waals surface area contributed by atoms with Gasteiger partial charge in [-0.15, -0.1) is 0 Å². The molecular weight excluding hydrogens is 336 g/mol. The van der Waals surface area contributed by atoms with E-state index >= 15 is 0 Å². The van der Waals surface area contributed by atoms with Gasteiger partial charge in [-0.3, -0.25) is 19.4 Å². The van der Waals surface area contributed by atoms with Crippen LogP contribution in [0.4, 0.5) is 10.5 Å². The van der Waals surface area contributed by atoms with Gasteiger partial charge >= 0.3 is 6.03 Å². The number of carbonyl (C=O) groups excluding carboxylic acids is 3. The number of ether oxygens (including phenoxy) is 2. The summed E-state index contributed by atoms with van der Waals surface area (Å²) in [6.07, 6.45) is 0. The standard InChI is InChI=1S/C19H16N2O5/c1-12-18(23)20(19(24)21(12)14-5-3-2-4-6-14)10-15(22)13-7-8-16-17(9-13)26-11-25-16/h2-9,12H,10-11H2,1H3. The molecule has 1 fully saturated rings. The molecule has 0 radical (unpaired) electrons. The summed E-state index contributed by atoms with van der Waals surface area (Å²) in [4.78, 5) is 40.2. The highest BCUT2D eigenvalue weighted by molar-refractivity contribution is 6.16. The summed E-state index contributed by atoms with van der Waals surface area (Å²) < 4.78 is 10.5. The number of hydrogen-bond donors (Lipinski definition) is 0. The molecule has 2 aliphatic rings. The zero-order valence-corrected chi connectivity index (χ0v) is 14.0. The van der Waals surface area contributed by atoms with Crippen LogP contribution in [0.1, 0.15) is 17.3 Å². The van der Waals surface area contributed by atoms with Crippen molar-refractivity contribution in [2.75, 3.05) is 18.2 Å². The first-order valence-corrected chi connectivity index (χ1v) is 8.19. The summed E-state index contributed by atoms with van der Waals surface area (Å²) >= 11 is 0. The molecule has 3 amide bonds. The van der Waals surface area contributed by atoms with Crippen LogP contribution >= 0.6 is 0 Å². The van der Waals surface area contributed by atoms with E-state index in [1.807, 2.05) is 6.07 Å². The number of nitrogens with zero attached hydrogens (tertiary/aromatic N) is 2. The van der Waals surface area contributed by atoms with E-state index in [0.29, 0.717) is 22.7 Å². The maximum atomic E-state index is 12.7. The molecule has 7 nitrogen and oxygen atoms in total. The smallest absolute Gasteiger partial charge is 0.332 e. The first-order chi connectivity index (χ1) is 12.6. The molecule has 2 heterocycles. The number of anilines is 1. The first-order valence-electron chi connectivity index (χ1n) is 8.19. The highest BCUT2D eigenvalue weighted by Gasteiger charge is 2.44. The lowest BCUT2D eigenvalue weighted by Crippen LogP contribution is -2.37. The molecule has 0 saturated carbocycles. The van der Waals surface area contributed by atoms with E-state index in [9.17, 15) is 14.4 Å². The van der Waals surface area contributed by atoms with E-state index in [1.54, 1.807) is 49.4 Å². The summed E-state index contributed by atoms with van der Waals surface area (Å²) in [6, 6.07) is 12.6. The van der Waals surface area contributed by atoms with Crippen molar-refractivity contribution in [2.24, 2.45) is 0 Å². The van der Waals surface area contributed by atoms with E-state index < -0.39 is 18.0 Å². The topological polar surface area (TPSA) is 76.1 Å². The van der Waals surface area contributed by atoms with Crippen LogP contribution in [0.5, 0.6) is 11.5 Å². The Hall–Kier alpha value is -3.35. The molecular formula is C19H16N2O5. The van der Waals surface area contributed by atoms with Gasteiger partial charge in [0.25, 0.3) is 5.91 Å². The van der Waals surface area contributed by atoms with Crippen LogP contribution in [-0.4, -0.2) is 42.0 Å². The molecule has 4 rings (SSSR count). The summed E-state index contributed by atoms with van der Waals surface area (Å²) in [7, 11) is 0. The molecule has 0 bridgehead atoms. The van der Waals surface area contributed by atoms with Gasteiger partial charge in [-0.05, 0) is 37.3 Å². The highest BCUT2D eigenvalue weighted by atomic mass is 16.7. The van der Waals surface area contributed by atoms with Crippen molar-refractivity contribution in [1.29, 1.82) is 0 Å². The second kappa shape index (κ2) is 6.18. The first kappa shape index (κ1) is 16.1.